The Hall–Kier alpha value is -2.24. The molecule has 0 aliphatic rings. The molecule has 240 valence electrons. The molecular weight excluding hydrogens is 524 g/mol. The van der Waals surface area contributed by atoms with E-state index in [2.05, 4.69) is 24.0 Å². The van der Waals surface area contributed by atoms with Gasteiger partial charge >= 0.3 is 0 Å². The van der Waals surface area contributed by atoms with E-state index in [1.54, 1.807) is 12.1 Å². The van der Waals surface area contributed by atoms with Crippen LogP contribution in [0.2, 0.25) is 0 Å². The largest absolute Gasteiger partial charge is 0.490 e. The van der Waals surface area contributed by atoms with E-state index in [1.165, 1.54) is 128 Å². The number of H-pyrrole nitrogens is 2. The van der Waals surface area contributed by atoms with Gasteiger partial charge in [-0.1, -0.05) is 155 Å². The van der Waals surface area contributed by atoms with E-state index >= 15 is 0 Å². The summed E-state index contributed by atoms with van der Waals surface area (Å²) < 4.78 is 12.2. The van der Waals surface area contributed by atoms with Crippen LogP contribution in [0.5, 0.6) is 11.5 Å². The van der Waals surface area contributed by atoms with Crippen molar-refractivity contribution >= 4 is 10.8 Å². The lowest BCUT2D eigenvalue weighted by Crippen LogP contribution is -2.19. The van der Waals surface area contributed by atoms with E-state index in [4.69, 9.17) is 9.47 Å². The quantitative estimate of drug-likeness (QED) is 0.0971. The van der Waals surface area contributed by atoms with Crippen molar-refractivity contribution in [3.05, 3.63) is 32.8 Å². The zero-order valence-corrected chi connectivity index (χ0v) is 27.2. The second-order valence-corrected chi connectivity index (χ2v) is 12.2. The number of aromatic amines is 2. The maximum Gasteiger partial charge on any atom is 0.270 e. The first-order valence-corrected chi connectivity index (χ1v) is 17.7. The van der Waals surface area contributed by atoms with Crippen molar-refractivity contribution in [2.75, 3.05) is 13.2 Å². The summed E-state index contributed by atoms with van der Waals surface area (Å²) in [5.74, 6) is 1.11. The van der Waals surface area contributed by atoms with Gasteiger partial charge in [0.1, 0.15) is 0 Å². The number of rotatable bonds is 28. The molecule has 0 aliphatic heterocycles. The molecule has 1 heterocycles. The molecule has 1 aromatic heterocycles. The molecule has 0 aliphatic carbocycles. The highest BCUT2D eigenvalue weighted by Crippen LogP contribution is 2.31. The predicted molar refractivity (Wildman–Crippen MR) is 178 cm³/mol. The molecule has 6 heteroatoms. The van der Waals surface area contributed by atoms with Crippen LogP contribution in [0.1, 0.15) is 168 Å². The van der Waals surface area contributed by atoms with Gasteiger partial charge in [-0.15, -0.1) is 0 Å². The third-order valence-corrected chi connectivity index (χ3v) is 8.37. The molecule has 42 heavy (non-hydrogen) atoms. The molecule has 1 aromatic carbocycles. The predicted octanol–water partition coefficient (Wildman–Crippen LogP) is 10.4. The Bertz CT molecular complexity index is 962. The van der Waals surface area contributed by atoms with Gasteiger partial charge in [0.15, 0.2) is 11.5 Å². The minimum Gasteiger partial charge on any atom is -0.490 e. The second kappa shape index (κ2) is 24.2. The molecule has 0 radical (unpaired) electrons. The van der Waals surface area contributed by atoms with Crippen molar-refractivity contribution in [2.45, 2.75) is 168 Å². The summed E-state index contributed by atoms with van der Waals surface area (Å²) in [5, 5.41) is 5.49. The summed E-state index contributed by atoms with van der Waals surface area (Å²) in [6.07, 6.45) is 31.1. The topological polar surface area (TPSA) is 84.2 Å². The molecular formula is C36H62N2O4. The van der Waals surface area contributed by atoms with Gasteiger partial charge in [-0.25, -0.2) is 0 Å². The van der Waals surface area contributed by atoms with Crippen molar-refractivity contribution in [2.24, 2.45) is 0 Å². The van der Waals surface area contributed by atoms with Gasteiger partial charge in [-0.3, -0.25) is 19.8 Å². The van der Waals surface area contributed by atoms with Crippen molar-refractivity contribution in [3.63, 3.8) is 0 Å². The first kappa shape index (κ1) is 36.0. The van der Waals surface area contributed by atoms with Crippen molar-refractivity contribution in [1.29, 1.82) is 0 Å². The molecule has 0 spiro atoms. The molecule has 2 rings (SSSR count). The third kappa shape index (κ3) is 15.8. The Kier molecular flexibility index (Phi) is 20.7. The summed E-state index contributed by atoms with van der Waals surface area (Å²) in [5.41, 5.74) is -0.653. The van der Waals surface area contributed by atoms with Crippen molar-refractivity contribution in [1.82, 2.24) is 10.2 Å². The Morgan fingerprint density at radius 3 is 0.976 bits per heavy atom. The van der Waals surface area contributed by atoms with Gasteiger partial charge < -0.3 is 9.47 Å². The molecule has 0 fully saturated rings. The van der Waals surface area contributed by atoms with Crippen LogP contribution in [0.15, 0.2) is 21.7 Å². The normalized spacial score (nSPS) is 11.4. The minimum absolute atomic E-state index is 0.327. The lowest BCUT2D eigenvalue weighted by Gasteiger charge is -2.14. The van der Waals surface area contributed by atoms with E-state index in [0.29, 0.717) is 35.5 Å². The van der Waals surface area contributed by atoms with Crippen LogP contribution < -0.4 is 20.6 Å². The van der Waals surface area contributed by atoms with Crippen molar-refractivity contribution in [3.8, 4) is 11.5 Å². The standard InChI is InChI=1S/C36H62N2O4/c1-3-5-7-9-11-13-15-17-19-21-23-25-27-41-33-29-31-32(36(40)38-37-35(31)39)30-34(33)42-28-26-24-22-20-18-16-14-12-10-8-6-4-2/h29-30H,3-28H2,1-2H3,(H,37,39)(H,38,40). The fourth-order valence-corrected chi connectivity index (χ4v) is 5.66. The Balaban J connectivity index is 1.67. The van der Waals surface area contributed by atoms with Gasteiger partial charge in [0.25, 0.3) is 11.1 Å². The molecule has 0 saturated carbocycles. The average Bonchev–Trinajstić information content (AvgIpc) is 3.00. The lowest BCUT2D eigenvalue weighted by atomic mass is 10.1. The summed E-state index contributed by atoms with van der Waals surface area (Å²) >= 11 is 0. The zero-order chi connectivity index (χ0) is 30.1. The number of nitrogens with one attached hydrogen (secondary N) is 2. The Labute approximate surface area is 255 Å². The molecule has 0 amide bonds. The highest BCUT2D eigenvalue weighted by atomic mass is 16.5. The molecule has 2 N–H and O–H groups in total. The highest BCUT2D eigenvalue weighted by Gasteiger charge is 2.13. The van der Waals surface area contributed by atoms with Crippen LogP contribution in [0.3, 0.4) is 0 Å². The average molecular weight is 587 g/mol. The molecule has 6 nitrogen and oxygen atoms in total. The summed E-state index contributed by atoms with van der Waals surface area (Å²) in [4.78, 5) is 24.7. The number of fused-ring (bicyclic) bond motifs is 1. The molecule has 0 unspecified atom stereocenters. The number of ether oxygens (including phenoxy) is 2. The maximum atomic E-state index is 12.3. The van der Waals surface area contributed by atoms with E-state index in [1.807, 2.05) is 0 Å². The summed E-state index contributed by atoms with van der Waals surface area (Å²) in [6, 6.07) is 3.34. The monoisotopic (exact) mass is 586 g/mol. The number of hydrogen-bond acceptors (Lipinski definition) is 4. The van der Waals surface area contributed by atoms with Gasteiger partial charge in [0.05, 0.1) is 24.0 Å². The van der Waals surface area contributed by atoms with Crippen LogP contribution >= 0.6 is 0 Å². The first-order chi connectivity index (χ1) is 20.7. The summed E-state index contributed by atoms with van der Waals surface area (Å²) in [6.45, 7) is 5.70. The van der Waals surface area contributed by atoms with Gasteiger partial charge in [-0.05, 0) is 25.0 Å². The molecule has 0 atom stereocenters. The Morgan fingerprint density at radius 1 is 0.429 bits per heavy atom. The zero-order valence-electron chi connectivity index (χ0n) is 27.2. The number of benzene rings is 1. The minimum atomic E-state index is -0.327. The smallest absolute Gasteiger partial charge is 0.270 e. The fourth-order valence-electron chi connectivity index (χ4n) is 5.66. The molecule has 0 bridgehead atoms. The van der Waals surface area contributed by atoms with Crippen LogP contribution in [0.4, 0.5) is 0 Å². The van der Waals surface area contributed by atoms with Crippen LogP contribution in [0.25, 0.3) is 10.8 Å². The summed E-state index contributed by atoms with van der Waals surface area (Å²) in [7, 11) is 0. The van der Waals surface area contributed by atoms with E-state index in [9.17, 15) is 9.59 Å². The van der Waals surface area contributed by atoms with Crippen LogP contribution in [-0.2, 0) is 0 Å². The van der Waals surface area contributed by atoms with Crippen LogP contribution in [-0.4, -0.2) is 23.4 Å². The molecule has 0 saturated heterocycles. The van der Waals surface area contributed by atoms with Crippen LogP contribution in [0, 0.1) is 0 Å². The van der Waals surface area contributed by atoms with Gasteiger partial charge in [0.2, 0.25) is 0 Å². The first-order valence-electron chi connectivity index (χ1n) is 17.7. The fraction of sp³-hybridized carbons (Fsp3) is 0.778. The van der Waals surface area contributed by atoms with E-state index in [0.717, 1.165) is 25.7 Å². The third-order valence-electron chi connectivity index (χ3n) is 8.37. The SMILES string of the molecule is CCCCCCCCCCCCCCOc1cc2c(=O)[nH][nH]c(=O)c2cc1OCCCCCCCCCCCCCC. The number of aromatic nitrogens is 2. The van der Waals surface area contributed by atoms with Gasteiger partial charge in [-0.2, -0.15) is 0 Å². The Morgan fingerprint density at radius 2 is 0.690 bits per heavy atom. The second-order valence-electron chi connectivity index (χ2n) is 12.2. The van der Waals surface area contributed by atoms with Gasteiger partial charge in [0, 0.05) is 0 Å². The lowest BCUT2D eigenvalue weighted by molar-refractivity contribution is 0.259. The van der Waals surface area contributed by atoms with Crippen molar-refractivity contribution < 1.29 is 9.47 Å². The highest BCUT2D eigenvalue weighted by molar-refractivity contribution is 5.84. The maximum absolute atomic E-state index is 12.3. The van der Waals surface area contributed by atoms with E-state index < -0.39 is 0 Å². The number of unbranched alkanes of at least 4 members (excludes halogenated alkanes) is 22. The molecule has 2 aromatic rings. The van der Waals surface area contributed by atoms with E-state index in [-0.39, 0.29) is 11.1 Å². The number of hydrogen-bond donors (Lipinski definition) is 2.